The van der Waals surface area contributed by atoms with E-state index in [1.165, 1.54) is 0 Å². The van der Waals surface area contributed by atoms with Crippen molar-refractivity contribution in [3.8, 4) is 5.75 Å². The van der Waals surface area contributed by atoms with E-state index in [1.807, 2.05) is 66.2 Å². The lowest BCUT2D eigenvalue weighted by Crippen LogP contribution is -2.28. The number of rotatable bonds is 8. The number of likely N-dealkylation sites (N-methyl/N-ethyl adjacent to an activating group) is 1. The molecule has 0 saturated carbocycles. The summed E-state index contributed by atoms with van der Waals surface area (Å²) in [5, 5.41) is 0.700. The van der Waals surface area contributed by atoms with Crippen molar-refractivity contribution in [2.45, 2.75) is 6.42 Å². The molecule has 22 heavy (non-hydrogen) atoms. The van der Waals surface area contributed by atoms with Gasteiger partial charge in [-0.3, -0.25) is 9.69 Å². The minimum absolute atomic E-state index is 0.133. The van der Waals surface area contributed by atoms with Crippen molar-refractivity contribution < 1.29 is 9.53 Å². The zero-order chi connectivity index (χ0) is 15.9. The number of hydrogen-bond acceptors (Lipinski definition) is 3. The molecule has 2 rings (SSSR count). The van der Waals surface area contributed by atoms with Gasteiger partial charge in [-0.1, -0.05) is 11.6 Å². The lowest BCUT2D eigenvalue weighted by atomic mass is 10.2. The van der Waals surface area contributed by atoms with Gasteiger partial charge < -0.3 is 9.30 Å². The van der Waals surface area contributed by atoms with Crippen LogP contribution in [0.2, 0.25) is 5.02 Å². The van der Waals surface area contributed by atoms with Gasteiger partial charge in [-0.25, -0.2) is 0 Å². The summed E-state index contributed by atoms with van der Waals surface area (Å²) in [4.78, 5) is 14.1. The van der Waals surface area contributed by atoms with Crippen molar-refractivity contribution in [1.29, 1.82) is 0 Å². The third-order valence-electron chi connectivity index (χ3n) is 3.41. The van der Waals surface area contributed by atoms with Gasteiger partial charge in [0.25, 0.3) is 0 Å². The Balaban J connectivity index is 1.67. The Morgan fingerprint density at radius 1 is 1.27 bits per heavy atom. The van der Waals surface area contributed by atoms with Crippen LogP contribution in [0.3, 0.4) is 0 Å². The highest BCUT2D eigenvalue weighted by atomic mass is 35.5. The molecule has 4 nitrogen and oxygen atoms in total. The Labute approximate surface area is 136 Å². The molecule has 5 heteroatoms. The van der Waals surface area contributed by atoms with Gasteiger partial charge in [0.05, 0.1) is 18.8 Å². The molecule has 118 valence electrons. The SMILES string of the molecule is CN(CCCOc1ccc(Cl)cc1)CC(=O)c1cccn1C. The molecule has 0 spiro atoms. The molecule has 1 heterocycles. The fourth-order valence-corrected chi connectivity index (χ4v) is 2.34. The number of aryl methyl sites for hydroxylation is 1. The first kappa shape index (κ1) is 16.6. The predicted octanol–water partition coefficient (Wildman–Crippen LogP) is 3.26. The van der Waals surface area contributed by atoms with Crippen LogP contribution in [0.1, 0.15) is 16.9 Å². The second-order valence-corrected chi connectivity index (χ2v) is 5.76. The summed E-state index contributed by atoms with van der Waals surface area (Å²) in [6.07, 6.45) is 2.74. The van der Waals surface area contributed by atoms with Crippen LogP contribution in [0.25, 0.3) is 0 Å². The molecule has 0 fully saturated rings. The lowest BCUT2D eigenvalue weighted by Gasteiger charge is -2.16. The molecular weight excluding hydrogens is 300 g/mol. The lowest BCUT2D eigenvalue weighted by molar-refractivity contribution is 0.0935. The second kappa shape index (κ2) is 8.01. The van der Waals surface area contributed by atoms with Gasteiger partial charge in [0.15, 0.2) is 5.78 Å². The van der Waals surface area contributed by atoms with Gasteiger partial charge in [0, 0.05) is 24.8 Å². The summed E-state index contributed by atoms with van der Waals surface area (Å²) in [5.74, 6) is 0.945. The number of nitrogens with zero attached hydrogens (tertiary/aromatic N) is 2. The van der Waals surface area contributed by atoms with Crippen LogP contribution in [0.15, 0.2) is 42.6 Å². The average Bonchev–Trinajstić information content (AvgIpc) is 2.92. The summed E-state index contributed by atoms with van der Waals surface area (Å²) in [7, 11) is 3.83. The highest BCUT2D eigenvalue weighted by Gasteiger charge is 2.11. The number of carbonyl (C=O) groups excluding carboxylic acids is 1. The van der Waals surface area contributed by atoms with Gasteiger partial charge >= 0.3 is 0 Å². The highest BCUT2D eigenvalue weighted by Crippen LogP contribution is 2.15. The van der Waals surface area contributed by atoms with Gasteiger partial charge in [-0.15, -0.1) is 0 Å². The Morgan fingerprint density at radius 2 is 2.00 bits per heavy atom. The fourth-order valence-electron chi connectivity index (χ4n) is 2.21. The summed E-state index contributed by atoms with van der Waals surface area (Å²) in [5.41, 5.74) is 0.740. The van der Waals surface area contributed by atoms with Gasteiger partial charge in [0.1, 0.15) is 5.75 Å². The number of aromatic nitrogens is 1. The number of benzene rings is 1. The minimum atomic E-state index is 0.133. The molecule has 0 aliphatic rings. The molecule has 0 atom stereocenters. The zero-order valence-electron chi connectivity index (χ0n) is 13.0. The van der Waals surface area contributed by atoms with E-state index in [2.05, 4.69) is 0 Å². The smallest absolute Gasteiger partial charge is 0.193 e. The maximum Gasteiger partial charge on any atom is 0.193 e. The molecule has 1 aromatic carbocycles. The van der Waals surface area contributed by atoms with E-state index < -0.39 is 0 Å². The first-order valence-corrected chi connectivity index (χ1v) is 7.65. The number of hydrogen-bond donors (Lipinski definition) is 0. The third kappa shape index (κ3) is 4.90. The van der Waals surface area contributed by atoms with Crippen molar-refractivity contribution >= 4 is 17.4 Å². The first-order chi connectivity index (χ1) is 10.6. The summed E-state index contributed by atoms with van der Waals surface area (Å²) >= 11 is 5.82. The van der Waals surface area contributed by atoms with Crippen molar-refractivity contribution in [1.82, 2.24) is 9.47 Å². The molecule has 0 amide bonds. The average molecular weight is 321 g/mol. The van der Waals surface area contributed by atoms with Crippen LogP contribution in [0.5, 0.6) is 5.75 Å². The van der Waals surface area contributed by atoms with E-state index in [9.17, 15) is 4.79 Å². The number of halogens is 1. The summed E-state index contributed by atoms with van der Waals surface area (Å²) < 4.78 is 7.48. The number of ketones is 1. The number of carbonyl (C=O) groups is 1. The molecule has 0 bridgehead atoms. The monoisotopic (exact) mass is 320 g/mol. The van der Waals surface area contributed by atoms with Gasteiger partial charge in [-0.2, -0.15) is 0 Å². The van der Waals surface area contributed by atoms with Crippen LogP contribution < -0.4 is 4.74 Å². The third-order valence-corrected chi connectivity index (χ3v) is 3.66. The second-order valence-electron chi connectivity index (χ2n) is 5.32. The van der Waals surface area contributed by atoms with E-state index in [0.29, 0.717) is 18.2 Å². The number of Topliss-reactive ketones (excluding diaryl/α,β-unsaturated/α-hetero) is 1. The van der Waals surface area contributed by atoms with Crippen LogP contribution in [-0.2, 0) is 7.05 Å². The van der Waals surface area contributed by atoms with Crippen molar-refractivity contribution in [2.24, 2.45) is 7.05 Å². The van der Waals surface area contributed by atoms with E-state index in [4.69, 9.17) is 16.3 Å². The van der Waals surface area contributed by atoms with Gasteiger partial charge in [0.2, 0.25) is 0 Å². The molecule has 1 aromatic heterocycles. The van der Waals surface area contributed by atoms with Crippen LogP contribution in [0, 0.1) is 0 Å². The Morgan fingerprint density at radius 3 is 2.64 bits per heavy atom. The Bertz CT molecular complexity index is 607. The van der Waals surface area contributed by atoms with Crippen molar-refractivity contribution in [3.05, 3.63) is 53.3 Å². The fraction of sp³-hybridized carbons (Fsp3) is 0.353. The minimum Gasteiger partial charge on any atom is -0.494 e. The van der Waals surface area contributed by atoms with Crippen LogP contribution in [0.4, 0.5) is 0 Å². The topological polar surface area (TPSA) is 34.5 Å². The molecule has 0 aliphatic carbocycles. The normalized spacial score (nSPS) is 10.9. The van der Waals surface area contributed by atoms with E-state index in [1.54, 1.807) is 0 Å². The maximum absolute atomic E-state index is 12.1. The van der Waals surface area contributed by atoms with Crippen LogP contribution >= 0.6 is 11.6 Å². The molecule has 0 N–H and O–H groups in total. The van der Waals surface area contributed by atoms with Crippen molar-refractivity contribution in [2.75, 3.05) is 26.7 Å². The zero-order valence-corrected chi connectivity index (χ0v) is 13.7. The predicted molar refractivity (Wildman–Crippen MR) is 88.8 cm³/mol. The summed E-state index contributed by atoms with van der Waals surface area (Å²) in [6, 6.07) is 11.0. The molecule has 0 unspecified atom stereocenters. The Hall–Kier alpha value is -1.78. The quantitative estimate of drug-likeness (QED) is 0.553. The van der Waals surface area contributed by atoms with E-state index in [0.717, 1.165) is 24.4 Å². The molecular formula is C17H21ClN2O2. The maximum atomic E-state index is 12.1. The number of ether oxygens (including phenoxy) is 1. The molecule has 0 radical (unpaired) electrons. The largest absolute Gasteiger partial charge is 0.494 e. The highest BCUT2D eigenvalue weighted by molar-refractivity contribution is 6.30. The summed E-state index contributed by atoms with van der Waals surface area (Å²) in [6.45, 7) is 1.84. The van der Waals surface area contributed by atoms with Gasteiger partial charge in [-0.05, 0) is 49.9 Å². The standard InChI is InChI=1S/C17H21ClN2O2/c1-19(13-17(21)16-5-3-11-20(16)2)10-4-12-22-15-8-6-14(18)7-9-15/h3,5-9,11H,4,10,12-13H2,1-2H3. The van der Waals surface area contributed by atoms with Crippen molar-refractivity contribution in [3.63, 3.8) is 0 Å². The first-order valence-electron chi connectivity index (χ1n) is 7.27. The molecule has 2 aromatic rings. The Kier molecular flexibility index (Phi) is 6.04. The van der Waals surface area contributed by atoms with E-state index in [-0.39, 0.29) is 5.78 Å². The molecule has 0 aliphatic heterocycles. The van der Waals surface area contributed by atoms with Crippen LogP contribution in [-0.4, -0.2) is 42.0 Å². The molecule has 0 saturated heterocycles. The van der Waals surface area contributed by atoms with E-state index >= 15 is 0 Å².